The van der Waals surface area contributed by atoms with Crippen molar-refractivity contribution in [2.24, 2.45) is 0 Å². The summed E-state index contributed by atoms with van der Waals surface area (Å²) in [6.45, 7) is 9.12. The van der Waals surface area contributed by atoms with E-state index >= 15 is 9.18 Å². The number of carbonyl (C=O) groups is 1. The van der Waals surface area contributed by atoms with E-state index < -0.39 is 17.3 Å². The SMILES string of the molecule is Cc1cc(-n2ccn(-c3c4c(nn3-c3cc(C)c(F)c(C)c3)CCN(C(=O)c3cc5cc(C6CCOCC6)ccc5n3C3(c5noc(=O)[nH]5)CC3)[C@H]4C)c2=O)ccc1-c1cc(N(C)C)ncn1. The molecule has 16 nitrogen and oxygen atoms in total. The van der Waals surface area contributed by atoms with Gasteiger partial charge in [0.2, 0.25) is 0 Å². The summed E-state index contributed by atoms with van der Waals surface area (Å²) in [5.41, 5.74) is 7.53. The molecule has 2 aliphatic heterocycles. The Morgan fingerprint density at radius 3 is 2.34 bits per heavy atom. The fraction of sp³-hybridized carbons (Fsp3) is 0.340. The first-order valence-electron chi connectivity index (χ1n) is 22.7. The molecule has 5 aromatic heterocycles. The summed E-state index contributed by atoms with van der Waals surface area (Å²) in [6.07, 6.45) is 8.52. The fourth-order valence-corrected chi connectivity index (χ4v) is 10.3. The average molecular weight is 904 g/mol. The molecule has 3 aliphatic rings. The molecule has 11 rings (SSSR count). The number of hydrogen-bond donors (Lipinski definition) is 1. The molecular formula is C50H50FN11O5. The number of nitrogens with zero attached hydrogens (tertiary/aromatic N) is 10. The number of hydrogen-bond acceptors (Lipinski definition) is 10. The van der Waals surface area contributed by atoms with Crippen molar-refractivity contribution < 1.29 is 18.4 Å². The predicted molar refractivity (Wildman–Crippen MR) is 249 cm³/mol. The first kappa shape index (κ1) is 42.2. The predicted octanol–water partition coefficient (Wildman–Crippen LogP) is 7.22. The molecule has 17 heteroatoms. The standard InChI is InChI=1S/C50H50FN11O5/c1-28-21-35(8-9-37(28)39-26-42(57(5)6)53-27-52-39)59-17-18-60(49(59)65)45-43-31(4)58(16-11-38(43)55-62(45)36-22-29(2)44(51)30(3)23-36)46(63)41-25-34-24-33(32-12-19-66-20-13-32)7-10-40(34)61(41)50(14-15-50)47-54-48(64)67-56-47/h7-10,17-18,21-27,31-32H,11-16,19-20H2,1-6H3,(H,54,56,64)/t31-/m0/s1. The lowest BCUT2D eigenvalue weighted by Crippen LogP contribution is -2.41. The maximum absolute atomic E-state index is 15.5. The summed E-state index contributed by atoms with van der Waals surface area (Å²) < 4.78 is 32.7. The van der Waals surface area contributed by atoms with Crippen LogP contribution in [0, 0.1) is 26.6 Å². The zero-order valence-corrected chi connectivity index (χ0v) is 38.2. The number of ether oxygens (including phenoxy) is 1. The normalized spacial score (nSPS) is 17.0. The number of benzene rings is 3. The van der Waals surface area contributed by atoms with Crippen molar-refractivity contribution in [2.75, 3.05) is 38.8 Å². The van der Waals surface area contributed by atoms with Crippen molar-refractivity contribution in [1.29, 1.82) is 0 Å². The quantitative estimate of drug-likeness (QED) is 0.156. The lowest BCUT2D eigenvalue weighted by atomic mass is 9.91. The van der Waals surface area contributed by atoms with E-state index in [2.05, 4.69) is 38.3 Å². The van der Waals surface area contributed by atoms with Gasteiger partial charge in [-0.05, 0) is 124 Å². The smallest absolute Gasteiger partial charge is 0.381 e. The summed E-state index contributed by atoms with van der Waals surface area (Å²) in [5, 5.41) is 10.2. The van der Waals surface area contributed by atoms with Crippen molar-refractivity contribution in [3.8, 4) is 28.5 Å². The molecule has 7 heterocycles. The van der Waals surface area contributed by atoms with Crippen molar-refractivity contribution in [3.63, 3.8) is 0 Å². The molecular weight excluding hydrogens is 854 g/mol. The Labute approximate surface area is 384 Å². The molecule has 0 unspecified atom stereocenters. The minimum atomic E-state index is -0.783. The van der Waals surface area contributed by atoms with Crippen LogP contribution in [0.4, 0.5) is 10.2 Å². The Hall–Kier alpha value is -7.40. The first-order chi connectivity index (χ1) is 32.3. The van der Waals surface area contributed by atoms with Crippen LogP contribution in [0.3, 0.4) is 0 Å². The number of rotatable bonds is 9. The second kappa shape index (κ2) is 15.9. The maximum Gasteiger partial charge on any atom is 0.438 e. The number of aromatic nitrogens is 9. The van der Waals surface area contributed by atoms with Crippen LogP contribution in [0.15, 0.2) is 93.5 Å². The molecule has 1 saturated heterocycles. The molecule has 342 valence electrons. The number of anilines is 1. The van der Waals surface area contributed by atoms with Gasteiger partial charge >= 0.3 is 11.4 Å². The number of carbonyl (C=O) groups excluding carboxylic acids is 1. The molecule has 1 saturated carbocycles. The monoisotopic (exact) mass is 903 g/mol. The van der Waals surface area contributed by atoms with Gasteiger partial charge in [0.05, 0.1) is 28.8 Å². The fourth-order valence-electron chi connectivity index (χ4n) is 10.3. The molecule has 67 heavy (non-hydrogen) atoms. The summed E-state index contributed by atoms with van der Waals surface area (Å²) in [6, 6.07) is 19.0. The summed E-state index contributed by atoms with van der Waals surface area (Å²) in [4.78, 5) is 58.1. The second-order valence-electron chi connectivity index (χ2n) is 18.4. The molecule has 1 amide bonds. The van der Waals surface area contributed by atoms with Gasteiger partial charge in [0.25, 0.3) is 5.91 Å². The molecule has 3 aromatic carbocycles. The Balaban J connectivity index is 1.02. The van der Waals surface area contributed by atoms with E-state index in [0.29, 0.717) is 90.3 Å². The van der Waals surface area contributed by atoms with E-state index in [4.69, 9.17) is 14.4 Å². The zero-order chi connectivity index (χ0) is 46.5. The van der Waals surface area contributed by atoms with Gasteiger partial charge < -0.3 is 19.1 Å². The summed E-state index contributed by atoms with van der Waals surface area (Å²) in [5.74, 6) is 0.773. The Bertz CT molecular complexity index is 3370. The minimum Gasteiger partial charge on any atom is -0.381 e. The van der Waals surface area contributed by atoms with Gasteiger partial charge in [-0.1, -0.05) is 17.3 Å². The Morgan fingerprint density at radius 1 is 0.896 bits per heavy atom. The van der Waals surface area contributed by atoms with E-state index in [1.807, 2.05) is 72.6 Å². The highest BCUT2D eigenvalue weighted by atomic mass is 19.1. The lowest BCUT2D eigenvalue weighted by Gasteiger charge is -2.34. The molecule has 1 aliphatic carbocycles. The highest BCUT2D eigenvalue weighted by Gasteiger charge is 2.52. The van der Waals surface area contributed by atoms with Crippen LogP contribution in [0.25, 0.3) is 39.4 Å². The lowest BCUT2D eigenvalue weighted by molar-refractivity contribution is 0.0664. The Morgan fingerprint density at radius 2 is 1.64 bits per heavy atom. The third-order valence-corrected chi connectivity index (χ3v) is 14.0. The molecule has 0 spiro atoms. The highest BCUT2D eigenvalue weighted by molar-refractivity contribution is 6.00. The van der Waals surface area contributed by atoms with Gasteiger partial charge in [-0.2, -0.15) is 5.10 Å². The van der Waals surface area contributed by atoms with Crippen LogP contribution < -0.4 is 16.3 Å². The van der Waals surface area contributed by atoms with E-state index in [1.165, 1.54) is 5.56 Å². The van der Waals surface area contributed by atoms with Gasteiger partial charge in [0.15, 0.2) is 5.82 Å². The number of H-pyrrole nitrogens is 1. The third kappa shape index (κ3) is 6.93. The zero-order valence-electron chi connectivity index (χ0n) is 38.2. The largest absolute Gasteiger partial charge is 0.438 e. The van der Waals surface area contributed by atoms with Crippen LogP contribution >= 0.6 is 0 Å². The number of aryl methyl sites for hydroxylation is 3. The number of aromatic amines is 1. The van der Waals surface area contributed by atoms with Crippen LogP contribution in [0.1, 0.15) is 94.4 Å². The number of amides is 1. The topological polar surface area (TPSA) is 167 Å². The Kier molecular flexibility index (Phi) is 10.0. The van der Waals surface area contributed by atoms with Crippen molar-refractivity contribution >= 4 is 22.6 Å². The molecule has 2 fully saturated rings. The van der Waals surface area contributed by atoms with Gasteiger partial charge in [-0.15, -0.1) is 0 Å². The van der Waals surface area contributed by atoms with Gasteiger partial charge in [-0.3, -0.25) is 23.4 Å². The number of fused-ring (bicyclic) bond motifs is 2. The van der Waals surface area contributed by atoms with E-state index in [1.54, 1.807) is 58.5 Å². The van der Waals surface area contributed by atoms with Crippen molar-refractivity contribution in [2.45, 2.75) is 77.3 Å². The summed E-state index contributed by atoms with van der Waals surface area (Å²) in [7, 11) is 3.85. The second-order valence-corrected chi connectivity index (χ2v) is 18.4. The van der Waals surface area contributed by atoms with Crippen LogP contribution in [0.5, 0.6) is 0 Å². The average Bonchev–Trinajstić information content (AvgIpc) is 3.61. The van der Waals surface area contributed by atoms with Crippen molar-refractivity contribution in [3.05, 3.63) is 151 Å². The van der Waals surface area contributed by atoms with E-state index in [-0.39, 0.29) is 17.4 Å². The molecule has 8 aromatic rings. The molecule has 1 N–H and O–H groups in total. The number of imidazole rings is 1. The minimum absolute atomic E-state index is 0.215. The van der Waals surface area contributed by atoms with Crippen LogP contribution in [-0.4, -0.2) is 88.3 Å². The first-order valence-corrected chi connectivity index (χ1v) is 22.7. The summed E-state index contributed by atoms with van der Waals surface area (Å²) >= 11 is 0. The van der Waals surface area contributed by atoms with Gasteiger partial charge in [0.1, 0.15) is 35.0 Å². The van der Waals surface area contributed by atoms with E-state index in [9.17, 15) is 9.59 Å². The number of halogens is 1. The van der Waals surface area contributed by atoms with Crippen LogP contribution in [-0.2, 0) is 16.7 Å². The third-order valence-electron chi connectivity index (χ3n) is 14.0. The molecule has 0 bridgehead atoms. The van der Waals surface area contributed by atoms with E-state index in [0.717, 1.165) is 52.1 Å². The van der Waals surface area contributed by atoms with Crippen molar-refractivity contribution in [1.82, 2.24) is 48.5 Å². The van der Waals surface area contributed by atoms with Gasteiger partial charge in [-0.25, -0.2) is 28.6 Å². The number of nitrogens with one attached hydrogen (secondary N) is 1. The van der Waals surface area contributed by atoms with Gasteiger partial charge in [0, 0.05) is 80.8 Å². The molecule has 0 radical (unpaired) electrons. The highest BCUT2D eigenvalue weighted by Crippen LogP contribution is 2.51. The maximum atomic E-state index is 15.5. The molecule has 1 atom stereocenters. The van der Waals surface area contributed by atoms with Crippen LogP contribution in [0.2, 0.25) is 0 Å².